The zero-order valence-corrected chi connectivity index (χ0v) is 15.2. The first kappa shape index (κ1) is 20.6. The first-order chi connectivity index (χ1) is 8.94. The van der Waals surface area contributed by atoms with Crippen LogP contribution in [0.2, 0.25) is 0 Å². The Labute approximate surface area is 143 Å². The van der Waals surface area contributed by atoms with Crippen molar-refractivity contribution in [3.8, 4) is 0 Å². The third-order valence-electron chi connectivity index (χ3n) is 3.83. The van der Waals surface area contributed by atoms with Crippen LogP contribution in [0.1, 0.15) is 48.3 Å². The lowest BCUT2D eigenvalue weighted by Gasteiger charge is -2.42. The Hall–Kier alpha value is -0.360. The molecule has 122 valence electrons. The number of hydrogen-bond donors (Lipinski definition) is 1. The molecule has 1 aromatic heterocycles. The number of carbonyl (C=O) groups excluding carboxylic acids is 1. The van der Waals surface area contributed by atoms with Crippen LogP contribution in [0, 0.1) is 5.41 Å². The summed E-state index contributed by atoms with van der Waals surface area (Å²) < 4.78 is 0. The average molecular weight is 354 g/mol. The number of nitrogens with two attached hydrogens (primary N) is 1. The van der Waals surface area contributed by atoms with E-state index in [1.165, 1.54) is 11.3 Å². The minimum Gasteiger partial charge on any atom is -0.337 e. The molecule has 1 aliphatic rings. The predicted octanol–water partition coefficient (Wildman–Crippen LogP) is 3.14. The van der Waals surface area contributed by atoms with E-state index < -0.39 is 0 Å². The molecule has 7 heteroatoms. The molecular formula is C14H25Cl2N3OS. The van der Waals surface area contributed by atoms with Crippen LogP contribution in [-0.2, 0) is 6.42 Å². The van der Waals surface area contributed by atoms with E-state index >= 15 is 0 Å². The van der Waals surface area contributed by atoms with Gasteiger partial charge in [-0.05, 0) is 24.7 Å². The van der Waals surface area contributed by atoms with Gasteiger partial charge < -0.3 is 10.6 Å². The first-order valence-electron chi connectivity index (χ1n) is 6.93. The fourth-order valence-corrected chi connectivity index (χ4v) is 3.43. The molecule has 0 radical (unpaired) electrons. The summed E-state index contributed by atoms with van der Waals surface area (Å²) in [6, 6.07) is 0.175. The fraction of sp³-hybridized carbons (Fsp3) is 0.714. The third kappa shape index (κ3) is 4.81. The van der Waals surface area contributed by atoms with Crippen LogP contribution in [0.15, 0.2) is 6.20 Å². The number of rotatable bonds is 3. The number of aryl methyl sites for hydroxylation is 1. The molecule has 1 aliphatic heterocycles. The third-order valence-corrected chi connectivity index (χ3v) is 4.87. The monoisotopic (exact) mass is 353 g/mol. The molecule has 2 N–H and O–H groups in total. The lowest BCUT2D eigenvalue weighted by Crippen LogP contribution is -2.53. The highest BCUT2D eigenvalue weighted by Crippen LogP contribution is 2.29. The number of likely N-dealkylation sites (tertiary alicyclic amines) is 1. The molecule has 0 aliphatic carbocycles. The Morgan fingerprint density at radius 3 is 2.76 bits per heavy atom. The fourth-order valence-electron chi connectivity index (χ4n) is 2.44. The van der Waals surface area contributed by atoms with Crippen LogP contribution in [0.25, 0.3) is 0 Å². The van der Waals surface area contributed by atoms with Gasteiger partial charge in [0, 0.05) is 19.1 Å². The Kier molecular flexibility index (Phi) is 8.18. The van der Waals surface area contributed by atoms with Gasteiger partial charge in [-0.25, -0.2) is 4.98 Å². The van der Waals surface area contributed by atoms with E-state index in [-0.39, 0.29) is 42.2 Å². The summed E-state index contributed by atoms with van der Waals surface area (Å²) in [4.78, 5) is 19.5. The molecule has 0 spiro atoms. The molecule has 0 bridgehead atoms. The standard InChI is InChI=1S/C14H23N3OS.2ClH/c1-4-5-12-16-8-10(19-12)13(18)17-7-6-11(15)14(2,3)9-17;;/h8,11H,4-7,9,15H2,1-3H3;2*1H. The van der Waals surface area contributed by atoms with E-state index in [1.54, 1.807) is 6.20 Å². The van der Waals surface area contributed by atoms with Crippen molar-refractivity contribution >= 4 is 42.1 Å². The maximum absolute atomic E-state index is 12.5. The van der Waals surface area contributed by atoms with Gasteiger partial charge >= 0.3 is 0 Å². The molecule has 0 aromatic carbocycles. The van der Waals surface area contributed by atoms with Crippen LogP contribution >= 0.6 is 36.2 Å². The number of nitrogens with zero attached hydrogens (tertiary/aromatic N) is 2. The second-order valence-corrected chi connectivity index (χ2v) is 7.09. The van der Waals surface area contributed by atoms with Gasteiger partial charge in [-0.1, -0.05) is 20.8 Å². The van der Waals surface area contributed by atoms with Crippen molar-refractivity contribution in [1.29, 1.82) is 0 Å². The molecule has 4 nitrogen and oxygen atoms in total. The van der Waals surface area contributed by atoms with E-state index in [4.69, 9.17) is 5.73 Å². The topological polar surface area (TPSA) is 59.2 Å². The highest BCUT2D eigenvalue weighted by atomic mass is 35.5. The molecular weight excluding hydrogens is 329 g/mol. The zero-order valence-electron chi connectivity index (χ0n) is 12.8. The summed E-state index contributed by atoms with van der Waals surface area (Å²) >= 11 is 1.53. The summed E-state index contributed by atoms with van der Waals surface area (Å²) in [6.07, 6.45) is 4.61. The highest BCUT2D eigenvalue weighted by Gasteiger charge is 2.35. The summed E-state index contributed by atoms with van der Waals surface area (Å²) in [6.45, 7) is 7.87. The molecule has 1 unspecified atom stereocenters. The van der Waals surface area contributed by atoms with Crippen molar-refractivity contribution < 1.29 is 4.79 Å². The first-order valence-corrected chi connectivity index (χ1v) is 7.75. The summed E-state index contributed by atoms with van der Waals surface area (Å²) in [5, 5.41) is 1.05. The van der Waals surface area contributed by atoms with Gasteiger partial charge in [-0.2, -0.15) is 0 Å². The quantitative estimate of drug-likeness (QED) is 0.907. The summed E-state index contributed by atoms with van der Waals surface area (Å²) in [5.74, 6) is 0.111. The number of hydrogen-bond acceptors (Lipinski definition) is 4. The highest BCUT2D eigenvalue weighted by molar-refractivity contribution is 7.13. The molecule has 1 atom stereocenters. The van der Waals surface area contributed by atoms with Crippen LogP contribution < -0.4 is 5.73 Å². The number of piperidine rings is 1. The number of aromatic nitrogens is 1. The number of halogens is 2. The minimum absolute atomic E-state index is 0. The van der Waals surface area contributed by atoms with E-state index in [0.717, 1.165) is 42.2 Å². The zero-order chi connectivity index (χ0) is 14.0. The summed E-state index contributed by atoms with van der Waals surface area (Å²) in [7, 11) is 0. The van der Waals surface area contributed by atoms with Crippen molar-refractivity contribution in [2.75, 3.05) is 13.1 Å². The Morgan fingerprint density at radius 1 is 1.52 bits per heavy atom. The van der Waals surface area contributed by atoms with Gasteiger partial charge in [0.25, 0.3) is 5.91 Å². The van der Waals surface area contributed by atoms with E-state index in [9.17, 15) is 4.79 Å². The van der Waals surface area contributed by atoms with Crippen LogP contribution in [-0.4, -0.2) is 34.9 Å². The lowest BCUT2D eigenvalue weighted by molar-refractivity contribution is 0.0537. The number of amides is 1. The van der Waals surface area contributed by atoms with E-state index in [0.29, 0.717) is 0 Å². The SMILES string of the molecule is CCCc1ncc(C(=O)N2CCC(N)C(C)(C)C2)s1.Cl.Cl. The second-order valence-electron chi connectivity index (χ2n) is 5.98. The smallest absolute Gasteiger partial charge is 0.265 e. The molecule has 2 heterocycles. The van der Waals surface area contributed by atoms with Crippen LogP contribution in [0.5, 0.6) is 0 Å². The van der Waals surface area contributed by atoms with Crippen LogP contribution in [0.4, 0.5) is 0 Å². The number of carbonyl (C=O) groups is 1. The van der Waals surface area contributed by atoms with E-state index in [1.807, 2.05) is 4.90 Å². The second kappa shape index (κ2) is 8.32. The molecule has 2 rings (SSSR count). The van der Waals surface area contributed by atoms with Gasteiger partial charge in [-0.3, -0.25) is 4.79 Å². The van der Waals surface area contributed by atoms with E-state index in [2.05, 4.69) is 25.8 Å². The average Bonchev–Trinajstić information content (AvgIpc) is 2.81. The number of thiazole rings is 1. The van der Waals surface area contributed by atoms with Gasteiger partial charge in [-0.15, -0.1) is 36.2 Å². The van der Waals surface area contributed by atoms with Crippen molar-refractivity contribution in [2.45, 2.75) is 46.1 Å². The van der Waals surface area contributed by atoms with Gasteiger partial charge in [0.2, 0.25) is 0 Å². The molecule has 1 amide bonds. The molecule has 1 aromatic rings. The van der Waals surface area contributed by atoms with Crippen molar-refractivity contribution in [3.05, 3.63) is 16.1 Å². The predicted molar refractivity (Wildman–Crippen MR) is 92.9 cm³/mol. The maximum atomic E-state index is 12.5. The van der Waals surface area contributed by atoms with Gasteiger partial charge in [0.1, 0.15) is 4.88 Å². The van der Waals surface area contributed by atoms with Crippen molar-refractivity contribution in [2.24, 2.45) is 11.1 Å². The normalized spacial score (nSPS) is 20.4. The largest absolute Gasteiger partial charge is 0.337 e. The van der Waals surface area contributed by atoms with Gasteiger partial charge in [0.05, 0.1) is 11.2 Å². The van der Waals surface area contributed by atoms with Gasteiger partial charge in [0.15, 0.2) is 0 Å². The molecule has 1 saturated heterocycles. The Bertz CT molecular complexity index is 465. The Morgan fingerprint density at radius 2 is 2.19 bits per heavy atom. The maximum Gasteiger partial charge on any atom is 0.265 e. The van der Waals surface area contributed by atoms with Crippen molar-refractivity contribution in [1.82, 2.24) is 9.88 Å². The molecule has 1 fully saturated rings. The summed E-state index contributed by atoms with van der Waals surface area (Å²) in [5.41, 5.74) is 6.10. The minimum atomic E-state index is -0.00908. The van der Waals surface area contributed by atoms with Crippen molar-refractivity contribution in [3.63, 3.8) is 0 Å². The molecule has 21 heavy (non-hydrogen) atoms. The van der Waals surface area contributed by atoms with Crippen LogP contribution in [0.3, 0.4) is 0 Å². The molecule has 0 saturated carbocycles. The lowest BCUT2D eigenvalue weighted by atomic mass is 9.79. The Balaban J connectivity index is 0.00000200.